The first-order valence-corrected chi connectivity index (χ1v) is 3.87. The van der Waals surface area contributed by atoms with Crippen LogP contribution in [-0.4, -0.2) is 41.4 Å². The third-order valence-electron chi connectivity index (χ3n) is 2.18. The predicted octanol–water partition coefficient (Wildman–Crippen LogP) is -0.417. The Bertz CT molecular complexity index is 160. The molecule has 0 radical (unpaired) electrons. The molecule has 0 bridgehead atoms. The molecule has 5 heteroatoms. The van der Waals surface area contributed by atoms with E-state index in [-0.39, 0.29) is 13.1 Å². The normalized spacial score (nSPS) is 38.2. The molecule has 72 valence electrons. The molecule has 0 aromatic heterocycles. The molecule has 1 saturated heterocycles. The highest BCUT2D eigenvalue weighted by Gasteiger charge is 2.43. The number of piperidine rings is 1. The Morgan fingerprint density at radius 1 is 1.33 bits per heavy atom. The van der Waals surface area contributed by atoms with E-state index in [0.29, 0.717) is 0 Å². The summed E-state index contributed by atoms with van der Waals surface area (Å²) in [6, 6.07) is 0. The average molecular weight is 181 g/mol. The lowest BCUT2D eigenvalue weighted by atomic mass is 9.89. The number of hydrogen-bond donors (Lipinski definition) is 3. The van der Waals surface area contributed by atoms with Gasteiger partial charge in [-0.25, -0.2) is 8.78 Å². The van der Waals surface area contributed by atoms with Crippen LogP contribution in [0, 0.1) is 5.92 Å². The van der Waals surface area contributed by atoms with E-state index in [2.05, 4.69) is 5.32 Å². The molecule has 1 rings (SSSR count). The van der Waals surface area contributed by atoms with Crippen LogP contribution >= 0.6 is 0 Å². The fourth-order valence-corrected chi connectivity index (χ4v) is 1.38. The first-order valence-electron chi connectivity index (χ1n) is 3.87. The Morgan fingerprint density at radius 2 is 1.92 bits per heavy atom. The van der Waals surface area contributed by atoms with E-state index in [9.17, 15) is 13.9 Å². The van der Waals surface area contributed by atoms with Crippen molar-refractivity contribution in [3.8, 4) is 0 Å². The second kappa shape index (κ2) is 3.24. The van der Waals surface area contributed by atoms with Crippen LogP contribution in [0.1, 0.15) is 6.92 Å². The van der Waals surface area contributed by atoms with Gasteiger partial charge in [0, 0.05) is 13.1 Å². The van der Waals surface area contributed by atoms with Crippen molar-refractivity contribution < 1.29 is 19.0 Å². The topological polar surface area (TPSA) is 52.5 Å². The molecule has 1 aliphatic heterocycles. The van der Waals surface area contributed by atoms with Crippen LogP contribution in [0.2, 0.25) is 0 Å². The van der Waals surface area contributed by atoms with Gasteiger partial charge < -0.3 is 15.5 Å². The zero-order valence-electron chi connectivity index (χ0n) is 6.80. The van der Waals surface area contributed by atoms with Gasteiger partial charge in [0.25, 0.3) is 5.92 Å². The van der Waals surface area contributed by atoms with E-state index in [4.69, 9.17) is 5.11 Å². The summed E-state index contributed by atoms with van der Waals surface area (Å²) in [7, 11) is 0. The molecule has 0 aromatic rings. The molecule has 0 spiro atoms. The van der Waals surface area contributed by atoms with Gasteiger partial charge in [0.05, 0.1) is 18.1 Å². The Hall–Kier alpha value is -0.260. The van der Waals surface area contributed by atoms with Gasteiger partial charge in [0.1, 0.15) is 0 Å². The molecule has 0 amide bonds. The summed E-state index contributed by atoms with van der Waals surface area (Å²) in [4.78, 5) is 0. The molecule has 3 N–H and O–H groups in total. The minimum Gasteiger partial charge on any atom is -0.390 e. The van der Waals surface area contributed by atoms with E-state index < -0.39 is 24.0 Å². The number of alkyl halides is 2. The number of nitrogens with one attached hydrogen (secondary N) is 1. The predicted molar refractivity (Wildman–Crippen MR) is 39.0 cm³/mol. The molecule has 3 nitrogen and oxygen atoms in total. The summed E-state index contributed by atoms with van der Waals surface area (Å²) in [5.41, 5.74) is 0. The van der Waals surface area contributed by atoms with Crippen LogP contribution in [0.25, 0.3) is 0 Å². The first-order chi connectivity index (χ1) is 5.43. The van der Waals surface area contributed by atoms with E-state index in [1.54, 1.807) is 0 Å². The summed E-state index contributed by atoms with van der Waals surface area (Å²) >= 11 is 0. The van der Waals surface area contributed by atoms with Gasteiger partial charge in [-0.2, -0.15) is 0 Å². The van der Waals surface area contributed by atoms with Gasteiger partial charge in [-0.05, 0) is 6.92 Å². The fraction of sp³-hybridized carbons (Fsp3) is 1.00. The van der Waals surface area contributed by atoms with Gasteiger partial charge in [0.15, 0.2) is 0 Å². The minimum atomic E-state index is -2.95. The number of aliphatic hydroxyl groups is 2. The lowest BCUT2D eigenvalue weighted by molar-refractivity contribution is -0.133. The summed E-state index contributed by atoms with van der Waals surface area (Å²) in [5, 5.41) is 20.9. The molecular weight excluding hydrogens is 168 g/mol. The highest BCUT2D eigenvalue weighted by Crippen LogP contribution is 2.29. The largest absolute Gasteiger partial charge is 0.390 e. The molecule has 1 unspecified atom stereocenters. The summed E-state index contributed by atoms with van der Waals surface area (Å²) in [6.45, 7) is 0.968. The molecule has 1 aliphatic rings. The first kappa shape index (κ1) is 9.83. The van der Waals surface area contributed by atoms with Gasteiger partial charge >= 0.3 is 0 Å². The Labute approximate surface area is 69.4 Å². The minimum absolute atomic E-state index is 0.0434. The maximum absolute atomic E-state index is 12.7. The lowest BCUT2D eigenvalue weighted by Crippen LogP contribution is -2.55. The molecule has 0 aromatic carbocycles. The molecule has 0 saturated carbocycles. The van der Waals surface area contributed by atoms with Crippen LogP contribution in [0.15, 0.2) is 0 Å². The molecule has 1 fully saturated rings. The Balaban J connectivity index is 2.64. The number of halogens is 2. The van der Waals surface area contributed by atoms with Gasteiger partial charge in [-0.1, -0.05) is 0 Å². The van der Waals surface area contributed by atoms with Crippen molar-refractivity contribution in [2.45, 2.75) is 25.1 Å². The second-order valence-electron chi connectivity index (χ2n) is 3.28. The van der Waals surface area contributed by atoms with Crippen molar-refractivity contribution >= 4 is 0 Å². The van der Waals surface area contributed by atoms with Crippen molar-refractivity contribution in [3.63, 3.8) is 0 Å². The SMILES string of the molecule is CC(F)(F)C1CNC[C@@H](O)[C@@H]1O. The van der Waals surface area contributed by atoms with Crippen LogP contribution in [0.3, 0.4) is 0 Å². The maximum atomic E-state index is 12.7. The molecule has 12 heavy (non-hydrogen) atoms. The third kappa shape index (κ3) is 1.91. The van der Waals surface area contributed by atoms with Crippen LogP contribution in [0.4, 0.5) is 8.78 Å². The molecule has 1 heterocycles. The fourth-order valence-electron chi connectivity index (χ4n) is 1.38. The van der Waals surface area contributed by atoms with E-state index in [1.807, 2.05) is 0 Å². The molecule has 0 aliphatic carbocycles. The maximum Gasteiger partial charge on any atom is 0.251 e. The van der Waals surface area contributed by atoms with Crippen LogP contribution in [0.5, 0.6) is 0 Å². The van der Waals surface area contributed by atoms with E-state index in [0.717, 1.165) is 6.92 Å². The van der Waals surface area contributed by atoms with Crippen molar-refractivity contribution in [2.75, 3.05) is 13.1 Å². The Morgan fingerprint density at radius 3 is 2.33 bits per heavy atom. The number of β-amino-alcohol motifs (C(OH)–C–C–N with tert-alkyl or cyclic N) is 1. The van der Waals surface area contributed by atoms with Crippen molar-refractivity contribution in [1.82, 2.24) is 5.32 Å². The summed E-state index contributed by atoms with van der Waals surface area (Å²) in [6.07, 6.45) is -2.42. The van der Waals surface area contributed by atoms with Gasteiger partial charge in [0.2, 0.25) is 0 Å². The molecule has 3 atom stereocenters. The molecular formula is C7H13F2NO2. The number of aliphatic hydroxyl groups excluding tert-OH is 2. The highest BCUT2D eigenvalue weighted by atomic mass is 19.3. The lowest BCUT2D eigenvalue weighted by Gasteiger charge is -2.35. The van der Waals surface area contributed by atoms with Crippen molar-refractivity contribution in [2.24, 2.45) is 5.92 Å². The Kier molecular flexibility index (Phi) is 2.65. The summed E-state index contributed by atoms with van der Waals surface area (Å²) < 4.78 is 25.4. The standard InChI is InChI=1S/C7H13F2NO2/c1-7(8,9)4-2-10-3-5(11)6(4)12/h4-6,10-12H,2-3H2,1H3/t4?,5-,6-/m1/s1. The van der Waals surface area contributed by atoms with Crippen LogP contribution < -0.4 is 5.32 Å². The van der Waals surface area contributed by atoms with Gasteiger partial charge in [-0.3, -0.25) is 0 Å². The van der Waals surface area contributed by atoms with Gasteiger partial charge in [-0.15, -0.1) is 0 Å². The smallest absolute Gasteiger partial charge is 0.251 e. The second-order valence-corrected chi connectivity index (χ2v) is 3.28. The summed E-state index contributed by atoms with van der Waals surface area (Å²) in [5.74, 6) is -4.14. The average Bonchev–Trinajstić information content (AvgIpc) is 1.92. The van der Waals surface area contributed by atoms with Crippen LogP contribution in [-0.2, 0) is 0 Å². The highest BCUT2D eigenvalue weighted by molar-refractivity contribution is 4.90. The van der Waals surface area contributed by atoms with Crippen molar-refractivity contribution in [1.29, 1.82) is 0 Å². The zero-order chi connectivity index (χ0) is 9.35. The zero-order valence-corrected chi connectivity index (χ0v) is 6.80. The number of rotatable bonds is 1. The third-order valence-corrected chi connectivity index (χ3v) is 2.18. The monoisotopic (exact) mass is 181 g/mol. The number of hydrogen-bond acceptors (Lipinski definition) is 3. The quantitative estimate of drug-likeness (QED) is 0.515. The van der Waals surface area contributed by atoms with Crippen molar-refractivity contribution in [3.05, 3.63) is 0 Å². The van der Waals surface area contributed by atoms with E-state index in [1.165, 1.54) is 0 Å². The van der Waals surface area contributed by atoms with E-state index >= 15 is 0 Å².